The number of carbonyl (C=O) groups excluding carboxylic acids is 2. The summed E-state index contributed by atoms with van der Waals surface area (Å²) < 4.78 is 12.5. The Morgan fingerprint density at radius 2 is 2.00 bits per heavy atom. The summed E-state index contributed by atoms with van der Waals surface area (Å²) >= 11 is 7.57. The molecule has 10 heteroatoms. The zero-order valence-electron chi connectivity index (χ0n) is 16.1. The van der Waals surface area contributed by atoms with Crippen LogP contribution in [0.2, 0.25) is 5.02 Å². The number of benzene rings is 1. The molecular formula is C19H23ClN4O3S2. The van der Waals surface area contributed by atoms with Crippen molar-refractivity contribution < 1.29 is 13.8 Å². The maximum atomic E-state index is 13.0. The number of hydrogen-bond donors (Lipinski definition) is 1. The van der Waals surface area contributed by atoms with Crippen LogP contribution in [-0.4, -0.2) is 68.1 Å². The molecule has 0 radical (unpaired) electrons. The van der Waals surface area contributed by atoms with Gasteiger partial charge in [0.15, 0.2) is 5.13 Å². The number of amides is 3. The van der Waals surface area contributed by atoms with Gasteiger partial charge in [-0.15, -0.1) is 0 Å². The normalized spacial score (nSPS) is 20.8. The quantitative estimate of drug-likeness (QED) is 0.755. The molecule has 1 N–H and O–H groups in total. The summed E-state index contributed by atoms with van der Waals surface area (Å²) in [5.74, 6) is 0.801. The summed E-state index contributed by atoms with van der Waals surface area (Å²) in [6, 6.07) is 3.08. The SMILES string of the molecule is Cc1c(Cl)ccc2sc(NC(=O)[C@@H]3CCCCN3C(=O)N3CCS(=O)CC3)nc12. The van der Waals surface area contributed by atoms with E-state index in [-0.39, 0.29) is 11.9 Å². The van der Waals surface area contributed by atoms with Gasteiger partial charge in [-0.2, -0.15) is 0 Å². The van der Waals surface area contributed by atoms with E-state index in [1.165, 1.54) is 11.3 Å². The van der Waals surface area contributed by atoms with Gasteiger partial charge >= 0.3 is 6.03 Å². The molecule has 156 valence electrons. The molecule has 3 amide bonds. The average Bonchev–Trinajstić information content (AvgIpc) is 3.14. The summed E-state index contributed by atoms with van der Waals surface area (Å²) in [5, 5.41) is 4.07. The first kappa shape index (κ1) is 20.6. The van der Waals surface area contributed by atoms with E-state index in [1.807, 2.05) is 19.1 Å². The number of nitrogens with zero attached hydrogens (tertiary/aromatic N) is 3. The van der Waals surface area contributed by atoms with Crippen LogP contribution in [0.15, 0.2) is 12.1 Å². The third kappa shape index (κ3) is 4.27. The number of halogens is 1. The number of thiazole rings is 1. The Morgan fingerprint density at radius 1 is 1.24 bits per heavy atom. The maximum absolute atomic E-state index is 13.0. The Morgan fingerprint density at radius 3 is 2.76 bits per heavy atom. The molecule has 0 unspecified atom stereocenters. The first-order valence-electron chi connectivity index (χ1n) is 9.71. The molecular weight excluding hydrogens is 432 g/mol. The number of nitrogens with one attached hydrogen (secondary N) is 1. The van der Waals surface area contributed by atoms with Crippen molar-refractivity contribution in [2.75, 3.05) is 36.5 Å². The molecule has 2 aliphatic heterocycles. The minimum Gasteiger partial charge on any atom is -0.323 e. The molecule has 1 aromatic heterocycles. The number of carbonyl (C=O) groups is 2. The minimum absolute atomic E-state index is 0.131. The topological polar surface area (TPSA) is 82.6 Å². The molecule has 1 atom stereocenters. The molecule has 3 heterocycles. The number of hydrogen-bond acceptors (Lipinski definition) is 5. The van der Waals surface area contributed by atoms with Crippen LogP contribution >= 0.6 is 22.9 Å². The van der Waals surface area contributed by atoms with E-state index < -0.39 is 16.8 Å². The molecule has 0 bridgehead atoms. The van der Waals surface area contributed by atoms with Crippen LogP contribution in [0.5, 0.6) is 0 Å². The number of urea groups is 1. The van der Waals surface area contributed by atoms with Gasteiger partial charge in [0, 0.05) is 47.0 Å². The highest BCUT2D eigenvalue weighted by Gasteiger charge is 2.35. The van der Waals surface area contributed by atoms with Crippen LogP contribution < -0.4 is 5.32 Å². The fraction of sp³-hybridized carbons (Fsp3) is 0.526. The van der Waals surface area contributed by atoms with Crippen molar-refractivity contribution in [2.24, 2.45) is 0 Å². The fourth-order valence-corrected chi connectivity index (χ4v) is 5.92. The van der Waals surface area contributed by atoms with Gasteiger partial charge < -0.3 is 15.1 Å². The van der Waals surface area contributed by atoms with Crippen LogP contribution in [0.1, 0.15) is 24.8 Å². The molecule has 0 saturated carbocycles. The molecule has 4 rings (SSSR count). The van der Waals surface area contributed by atoms with Gasteiger partial charge in [0.2, 0.25) is 5.91 Å². The summed E-state index contributed by atoms with van der Waals surface area (Å²) in [7, 11) is -0.846. The highest BCUT2D eigenvalue weighted by molar-refractivity contribution is 7.85. The van der Waals surface area contributed by atoms with E-state index in [1.54, 1.807) is 9.80 Å². The van der Waals surface area contributed by atoms with Crippen molar-refractivity contribution in [3.05, 3.63) is 22.7 Å². The number of anilines is 1. The number of likely N-dealkylation sites (tertiary alicyclic amines) is 1. The van der Waals surface area contributed by atoms with Gasteiger partial charge in [-0.25, -0.2) is 9.78 Å². The molecule has 0 aliphatic carbocycles. The Labute approximate surface area is 180 Å². The molecule has 0 spiro atoms. The molecule has 29 heavy (non-hydrogen) atoms. The van der Waals surface area contributed by atoms with Crippen LogP contribution in [0, 0.1) is 6.92 Å². The zero-order valence-corrected chi connectivity index (χ0v) is 18.5. The van der Waals surface area contributed by atoms with Crippen LogP contribution in [-0.2, 0) is 15.6 Å². The molecule has 7 nitrogen and oxygen atoms in total. The summed E-state index contributed by atoms with van der Waals surface area (Å²) in [6.07, 6.45) is 2.42. The Hall–Kier alpha value is -1.71. The second kappa shape index (κ2) is 8.57. The van der Waals surface area contributed by atoms with Crippen molar-refractivity contribution >= 4 is 61.0 Å². The minimum atomic E-state index is -0.846. The third-order valence-electron chi connectivity index (χ3n) is 5.48. The van der Waals surface area contributed by atoms with Crippen LogP contribution in [0.25, 0.3) is 10.2 Å². The Balaban J connectivity index is 1.49. The lowest BCUT2D eigenvalue weighted by molar-refractivity contribution is -0.121. The third-order valence-corrected chi connectivity index (χ3v) is 8.10. The number of rotatable bonds is 2. The van der Waals surface area contributed by atoms with E-state index in [0.717, 1.165) is 28.6 Å². The molecule has 1 aromatic carbocycles. The number of aromatic nitrogens is 1. The maximum Gasteiger partial charge on any atom is 0.320 e. The van der Waals surface area contributed by atoms with Crippen LogP contribution in [0.3, 0.4) is 0 Å². The fourth-order valence-electron chi connectivity index (χ4n) is 3.79. The second-order valence-corrected chi connectivity index (χ2v) is 10.5. The first-order chi connectivity index (χ1) is 13.9. The van der Waals surface area contributed by atoms with Crippen molar-refractivity contribution in [3.8, 4) is 0 Å². The standard InChI is InChI=1S/C19H23ClN4O3S2/c1-12-13(20)5-6-15-16(12)21-18(28-15)22-17(25)14-4-2-3-7-24(14)19(26)23-8-10-29(27)11-9-23/h5-6,14H,2-4,7-11H2,1H3,(H,21,22,25)/t14-/m0/s1. The first-order valence-corrected chi connectivity index (χ1v) is 12.4. The summed E-state index contributed by atoms with van der Waals surface area (Å²) in [4.78, 5) is 33.9. The highest BCUT2D eigenvalue weighted by Crippen LogP contribution is 2.32. The summed E-state index contributed by atoms with van der Waals surface area (Å²) in [6.45, 7) is 3.43. The van der Waals surface area contributed by atoms with Gasteiger partial charge in [-0.05, 0) is 43.9 Å². The van der Waals surface area contributed by atoms with Crippen molar-refractivity contribution in [1.82, 2.24) is 14.8 Å². The van der Waals surface area contributed by atoms with Gasteiger partial charge in [0.1, 0.15) is 6.04 Å². The lowest BCUT2D eigenvalue weighted by Crippen LogP contribution is -2.56. The van der Waals surface area contributed by atoms with E-state index in [2.05, 4.69) is 10.3 Å². The average molecular weight is 455 g/mol. The van der Waals surface area contributed by atoms with Crippen molar-refractivity contribution in [2.45, 2.75) is 32.2 Å². The zero-order chi connectivity index (χ0) is 20.5. The predicted octanol–water partition coefficient (Wildman–Crippen LogP) is 3.24. The molecule has 2 saturated heterocycles. The smallest absolute Gasteiger partial charge is 0.320 e. The number of piperidine rings is 1. The van der Waals surface area contributed by atoms with Crippen molar-refractivity contribution in [1.29, 1.82) is 0 Å². The second-order valence-electron chi connectivity index (χ2n) is 7.35. The molecule has 2 aliphatic rings. The van der Waals surface area contributed by atoms with Crippen molar-refractivity contribution in [3.63, 3.8) is 0 Å². The Kier molecular flexibility index (Phi) is 6.08. The van der Waals surface area contributed by atoms with Gasteiger partial charge in [0.25, 0.3) is 0 Å². The number of fused-ring (bicyclic) bond motifs is 1. The van der Waals surface area contributed by atoms with Gasteiger partial charge in [-0.1, -0.05) is 22.9 Å². The Bertz CT molecular complexity index is 970. The summed E-state index contributed by atoms with van der Waals surface area (Å²) in [5.41, 5.74) is 1.67. The van der Waals surface area contributed by atoms with Crippen LogP contribution in [0.4, 0.5) is 9.93 Å². The van der Waals surface area contributed by atoms with E-state index in [9.17, 15) is 13.8 Å². The van der Waals surface area contributed by atoms with Gasteiger partial charge in [-0.3, -0.25) is 9.00 Å². The highest BCUT2D eigenvalue weighted by atomic mass is 35.5. The predicted molar refractivity (Wildman–Crippen MR) is 117 cm³/mol. The van der Waals surface area contributed by atoms with E-state index in [4.69, 9.17) is 11.6 Å². The van der Waals surface area contributed by atoms with E-state index >= 15 is 0 Å². The lowest BCUT2D eigenvalue weighted by Gasteiger charge is -2.39. The van der Waals surface area contributed by atoms with Gasteiger partial charge in [0.05, 0.1) is 10.2 Å². The molecule has 2 aromatic rings. The largest absolute Gasteiger partial charge is 0.323 e. The lowest BCUT2D eigenvalue weighted by atomic mass is 10.0. The number of aryl methyl sites for hydroxylation is 1. The van der Waals surface area contributed by atoms with E-state index in [0.29, 0.717) is 47.7 Å². The monoisotopic (exact) mass is 454 g/mol. The molecule has 2 fully saturated rings.